The lowest BCUT2D eigenvalue weighted by Gasteiger charge is -2.26. The summed E-state index contributed by atoms with van der Waals surface area (Å²) in [7, 11) is 1.59. The van der Waals surface area contributed by atoms with Crippen LogP contribution in [0.5, 0.6) is 11.6 Å². The fourth-order valence-electron chi connectivity index (χ4n) is 3.24. The maximum Gasteiger partial charge on any atom is 0.220 e. The Morgan fingerprint density at radius 1 is 1.25 bits per heavy atom. The molecule has 1 saturated carbocycles. The number of hydrogen-bond acceptors (Lipinski definition) is 5. The van der Waals surface area contributed by atoms with Crippen LogP contribution in [0.25, 0.3) is 11.0 Å². The van der Waals surface area contributed by atoms with Crippen molar-refractivity contribution in [3.63, 3.8) is 0 Å². The van der Waals surface area contributed by atoms with Gasteiger partial charge in [-0.25, -0.2) is 4.98 Å². The molecule has 1 fully saturated rings. The van der Waals surface area contributed by atoms with Crippen molar-refractivity contribution in [3.05, 3.63) is 24.4 Å². The Bertz CT molecular complexity index is 712. The van der Waals surface area contributed by atoms with Crippen molar-refractivity contribution < 1.29 is 14.3 Å². The molecule has 1 amide bonds. The second-order valence-corrected chi connectivity index (χ2v) is 6.32. The normalized spacial score (nSPS) is 20.7. The topological polar surface area (TPSA) is 87.3 Å². The van der Waals surface area contributed by atoms with Crippen LogP contribution in [-0.4, -0.2) is 29.6 Å². The van der Waals surface area contributed by atoms with Gasteiger partial charge in [0.15, 0.2) is 0 Å². The molecule has 0 atom stereocenters. The Balaban J connectivity index is 1.52. The SMILES string of the molecule is COc1ccc2ncc(OCC[C@H]3CC[C@H](C(N)=O)CC3)cc2n1. The molecule has 6 heteroatoms. The highest BCUT2D eigenvalue weighted by atomic mass is 16.5. The average Bonchev–Trinajstić information content (AvgIpc) is 2.61. The number of hydrogen-bond donors (Lipinski definition) is 1. The maximum atomic E-state index is 11.2. The minimum atomic E-state index is -0.158. The zero-order chi connectivity index (χ0) is 16.9. The maximum absolute atomic E-state index is 11.2. The first-order valence-corrected chi connectivity index (χ1v) is 8.38. The number of pyridine rings is 2. The number of aromatic nitrogens is 2. The minimum Gasteiger partial charge on any atom is -0.492 e. The van der Waals surface area contributed by atoms with Gasteiger partial charge < -0.3 is 15.2 Å². The number of nitrogens with zero attached hydrogens (tertiary/aromatic N) is 2. The monoisotopic (exact) mass is 329 g/mol. The van der Waals surface area contributed by atoms with Gasteiger partial charge in [0.2, 0.25) is 11.8 Å². The van der Waals surface area contributed by atoms with Crippen LogP contribution in [-0.2, 0) is 4.79 Å². The number of rotatable bonds is 6. The summed E-state index contributed by atoms with van der Waals surface area (Å²) >= 11 is 0. The third kappa shape index (κ3) is 3.93. The number of carbonyl (C=O) groups is 1. The molecule has 2 aromatic rings. The zero-order valence-corrected chi connectivity index (χ0v) is 13.9. The van der Waals surface area contributed by atoms with Crippen LogP contribution in [0.3, 0.4) is 0 Å². The summed E-state index contributed by atoms with van der Waals surface area (Å²) < 4.78 is 11.0. The number of primary amides is 1. The molecule has 24 heavy (non-hydrogen) atoms. The molecule has 1 aliphatic carbocycles. The number of fused-ring (bicyclic) bond motifs is 1. The predicted octanol–water partition coefficient (Wildman–Crippen LogP) is 2.70. The van der Waals surface area contributed by atoms with Crippen molar-refractivity contribution >= 4 is 16.9 Å². The first kappa shape index (κ1) is 16.5. The Kier molecular flexibility index (Phi) is 5.13. The van der Waals surface area contributed by atoms with Gasteiger partial charge in [0.25, 0.3) is 0 Å². The highest BCUT2D eigenvalue weighted by Gasteiger charge is 2.24. The molecule has 0 aliphatic heterocycles. The standard InChI is InChI=1S/C18H23N3O3/c1-23-17-7-6-15-16(21-17)10-14(11-20-15)24-9-8-12-2-4-13(5-3-12)18(19)22/h6-7,10-13H,2-5,8-9H2,1H3,(H2,19,22)/t12-,13-. The number of methoxy groups -OCH3 is 1. The minimum absolute atomic E-state index is 0.0629. The predicted molar refractivity (Wildman–Crippen MR) is 90.8 cm³/mol. The lowest BCUT2D eigenvalue weighted by Crippen LogP contribution is -2.28. The summed E-state index contributed by atoms with van der Waals surface area (Å²) in [6.07, 6.45) is 6.61. The van der Waals surface area contributed by atoms with E-state index in [4.69, 9.17) is 15.2 Å². The molecular weight excluding hydrogens is 306 g/mol. The molecule has 3 rings (SSSR count). The van der Waals surface area contributed by atoms with Gasteiger partial charge in [0, 0.05) is 18.1 Å². The second kappa shape index (κ2) is 7.47. The molecule has 0 saturated heterocycles. The molecule has 2 aromatic heterocycles. The molecule has 6 nitrogen and oxygen atoms in total. The van der Waals surface area contributed by atoms with E-state index in [-0.39, 0.29) is 11.8 Å². The quantitative estimate of drug-likeness (QED) is 0.880. The third-order valence-electron chi connectivity index (χ3n) is 4.74. The third-order valence-corrected chi connectivity index (χ3v) is 4.74. The van der Waals surface area contributed by atoms with Crippen molar-refractivity contribution in [2.45, 2.75) is 32.1 Å². The molecule has 0 aromatic carbocycles. The molecular formula is C18H23N3O3. The summed E-state index contributed by atoms with van der Waals surface area (Å²) in [6.45, 7) is 0.642. The molecule has 0 radical (unpaired) electrons. The van der Waals surface area contributed by atoms with Crippen LogP contribution in [0, 0.1) is 11.8 Å². The smallest absolute Gasteiger partial charge is 0.220 e. The zero-order valence-electron chi connectivity index (χ0n) is 13.9. The summed E-state index contributed by atoms with van der Waals surface area (Å²) in [5.41, 5.74) is 6.94. The summed E-state index contributed by atoms with van der Waals surface area (Å²) in [5.74, 6) is 1.79. The van der Waals surface area contributed by atoms with Crippen LogP contribution in [0.4, 0.5) is 0 Å². The van der Waals surface area contributed by atoms with Crippen molar-refractivity contribution in [2.24, 2.45) is 17.6 Å². The van der Waals surface area contributed by atoms with Gasteiger partial charge in [0.1, 0.15) is 5.75 Å². The van der Waals surface area contributed by atoms with E-state index in [2.05, 4.69) is 9.97 Å². The van der Waals surface area contributed by atoms with E-state index in [0.29, 0.717) is 24.2 Å². The van der Waals surface area contributed by atoms with E-state index >= 15 is 0 Å². The summed E-state index contributed by atoms with van der Waals surface area (Å²) in [6, 6.07) is 5.55. The fraction of sp³-hybridized carbons (Fsp3) is 0.500. The fourth-order valence-corrected chi connectivity index (χ4v) is 3.24. The van der Waals surface area contributed by atoms with Gasteiger partial charge in [-0.2, -0.15) is 0 Å². The van der Waals surface area contributed by atoms with E-state index in [1.54, 1.807) is 19.4 Å². The number of carbonyl (C=O) groups excluding carboxylic acids is 1. The van der Waals surface area contributed by atoms with Gasteiger partial charge in [0.05, 0.1) is 30.9 Å². The molecule has 128 valence electrons. The molecule has 0 spiro atoms. The largest absolute Gasteiger partial charge is 0.492 e. The van der Waals surface area contributed by atoms with Crippen molar-refractivity contribution in [1.82, 2.24) is 9.97 Å². The Morgan fingerprint density at radius 3 is 2.75 bits per heavy atom. The van der Waals surface area contributed by atoms with E-state index < -0.39 is 0 Å². The number of nitrogens with two attached hydrogens (primary N) is 1. The van der Waals surface area contributed by atoms with Crippen LogP contribution >= 0.6 is 0 Å². The van der Waals surface area contributed by atoms with Crippen LogP contribution in [0.2, 0.25) is 0 Å². The van der Waals surface area contributed by atoms with Gasteiger partial charge in [-0.15, -0.1) is 0 Å². The van der Waals surface area contributed by atoms with Gasteiger partial charge in [-0.3, -0.25) is 9.78 Å². The summed E-state index contributed by atoms with van der Waals surface area (Å²) in [4.78, 5) is 19.9. The van der Waals surface area contributed by atoms with Crippen LogP contribution < -0.4 is 15.2 Å². The Hall–Kier alpha value is -2.37. The number of amides is 1. The van der Waals surface area contributed by atoms with Crippen molar-refractivity contribution in [1.29, 1.82) is 0 Å². The summed E-state index contributed by atoms with van der Waals surface area (Å²) in [5, 5.41) is 0. The lowest BCUT2D eigenvalue weighted by molar-refractivity contribution is -0.122. The highest BCUT2D eigenvalue weighted by Crippen LogP contribution is 2.30. The average molecular weight is 329 g/mol. The molecule has 0 bridgehead atoms. The second-order valence-electron chi connectivity index (χ2n) is 6.32. The van der Waals surface area contributed by atoms with E-state index in [1.165, 1.54) is 0 Å². The molecule has 0 unspecified atom stereocenters. The van der Waals surface area contributed by atoms with Crippen LogP contribution in [0.15, 0.2) is 24.4 Å². The Labute approximate surface area is 141 Å². The first-order valence-electron chi connectivity index (χ1n) is 8.38. The first-order chi connectivity index (χ1) is 11.7. The van der Waals surface area contributed by atoms with Gasteiger partial charge in [-0.1, -0.05) is 0 Å². The lowest BCUT2D eigenvalue weighted by atomic mass is 9.80. The van der Waals surface area contributed by atoms with Gasteiger partial charge >= 0.3 is 0 Å². The van der Waals surface area contributed by atoms with Crippen molar-refractivity contribution in [3.8, 4) is 11.6 Å². The van der Waals surface area contributed by atoms with E-state index in [9.17, 15) is 4.79 Å². The number of ether oxygens (including phenoxy) is 2. The molecule has 1 aliphatic rings. The highest BCUT2D eigenvalue weighted by molar-refractivity contribution is 5.76. The van der Waals surface area contributed by atoms with Crippen LogP contribution in [0.1, 0.15) is 32.1 Å². The Morgan fingerprint density at radius 2 is 2.04 bits per heavy atom. The van der Waals surface area contributed by atoms with E-state index in [1.807, 2.05) is 12.1 Å². The molecule has 2 heterocycles. The van der Waals surface area contributed by atoms with Gasteiger partial charge in [-0.05, 0) is 44.1 Å². The van der Waals surface area contributed by atoms with E-state index in [0.717, 1.165) is 43.1 Å². The molecule has 2 N–H and O–H groups in total. The van der Waals surface area contributed by atoms with Crippen molar-refractivity contribution in [2.75, 3.05) is 13.7 Å².